The molecule has 0 fully saturated rings. The zero-order chi connectivity index (χ0) is 20.4. The Labute approximate surface area is 168 Å². The number of aryl methyl sites for hydroxylation is 1. The smallest absolute Gasteiger partial charge is 0.335 e. The number of carbonyl (C=O) groups is 2. The first-order valence-electron chi connectivity index (χ1n) is 9.13. The standard InChI is InChI=1S/C24H18N2O3/c1-16-6-5-9-20(14-16)26-22(18-7-3-2-4-8-18)25-21(23(26)27)15-17-10-12-19(13-11-17)24(28)29/h2-15H,1H3,(H,28,29)/b21-15+. The second-order valence-electron chi connectivity index (χ2n) is 6.74. The average molecular weight is 382 g/mol. The van der Waals surface area contributed by atoms with Gasteiger partial charge in [0.25, 0.3) is 5.91 Å². The average Bonchev–Trinajstić information content (AvgIpc) is 3.05. The van der Waals surface area contributed by atoms with E-state index in [9.17, 15) is 9.59 Å². The van der Waals surface area contributed by atoms with Crippen molar-refractivity contribution in [2.45, 2.75) is 6.92 Å². The highest BCUT2D eigenvalue weighted by molar-refractivity contribution is 6.33. The summed E-state index contributed by atoms with van der Waals surface area (Å²) < 4.78 is 0. The van der Waals surface area contributed by atoms with Crippen LogP contribution in [0.15, 0.2) is 89.6 Å². The van der Waals surface area contributed by atoms with E-state index in [-0.39, 0.29) is 11.5 Å². The maximum Gasteiger partial charge on any atom is 0.335 e. The maximum atomic E-state index is 13.2. The number of carbonyl (C=O) groups excluding carboxylic acids is 1. The van der Waals surface area contributed by atoms with Gasteiger partial charge in [0.1, 0.15) is 11.5 Å². The maximum absolute atomic E-state index is 13.2. The summed E-state index contributed by atoms with van der Waals surface area (Å²) in [6, 6.07) is 23.6. The number of aliphatic imine (C=N–C) groups is 1. The van der Waals surface area contributed by atoms with Crippen molar-refractivity contribution >= 4 is 29.5 Å². The molecule has 0 unspecified atom stereocenters. The van der Waals surface area contributed by atoms with Crippen molar-refractivity contribution in [2.24, 2.45) is 4.99 Å². The molecule has 0 aliphatic carbocycles. The van der Waals surface area contributed by atoms with Crippen molar-refractivity contribution in [3.63, 3.8) is 0 Å². The first-order valence-corrected chi connectivity index (χ1v) is 9.13. The second kappa shape index (κ2) is 7.56. The summed E-state index contributed by atoms with van der Waals surface area (Å²) >= 11 is 0. The Balaban J connectivity index is 1.78. The van der Waals surface area contributed by atoms with Gasteiger partial charge in [-0.3, -0.25) is 9.69 Å². The third-order valence-electron chi connectivity index (χ3n) is 4.61. The third kappa shape index (κ3) is 3.71. The SMILES string of the molecule is Cc1cccc(N2C(=O)/C(=C\c3ccc(C(=O)O)cc3)N=C2c2ccccc2)c1. The summed E-state index contributed by atoms with van der Waals surface area (Å²) in [5, 5.41) is 9.05. The van der Waals surface area contributed by atoms with E-state index in [1.54, 1.807) is 23.1 Å². The summed E-state index contributed by atoms with van der Waals surface area (Å²) in [6.45, 7) is 1.98. The molecule has 0 bridgehead atoms. The van der Waals surface area contributed by atoms with Crippen molar-refractivity contribution in [1.29, 1.82) is 0 Å². The van der Waals surface area contributed by atoms with E-state index in [0.717, 1.165) is 16.8 Å². The van der Waals surface area contributed by atoms with Gasteiger partial charge in [-0.25, -0.2) is 9.79 Å². The lowest BCUT2D eigenvalue weighted by Crippen LogP contribution is -2.32. The van der Waals surface area contributed by atoms with Crippen LogP contribution in [-0.2, 0) is 4.79 Å². The highest BCUT2D eigenvalue weighted by Crippen LogP contribution is 2.28. The lowest BCUT2D eigenvalue weighted by Gasteiger charge is -2.19. The molecule has 0 saturated heterocycles. The van der Waals surface area contributed by atoms with E-state index >= 15 is 0 Å². The van der Waals surface area contributed by atoms with Gasteiger partial charge in [0.05, 0.1) is 11.3 Å². The van der Waals surface area contributed by atoms with Gasteiger partial charge in [-0.1, -0.05) is 54.6 Å². The summed E-state index contributed by atoms with van der Waals surface area (Å²) in [5.74, 6) is -0.650. The molecule has 0 aromatic heterocycles. The number of amides is 1. The number of carboxylic acid groups (broad SMARTS) is 1. The van der Waals surface area contributed by atoms with Crippen LogP contribution >= 0.6 is 0 Å². The number of hydrogen-bond acceptors (Lipinski definition) is 3. The molecule has 3 aromatic rings. The number of hydrogen-bond donors (Lipinski definition) is 1. The van der Waals surface area contributed by atoms with Crippen LogP contribution in [0, 0.1) is 6.92 Å². The van der Waals surface area contributed by atoms with E-state index in [2.05, 4.69) is 4.99 Å². The highest BCUT2D eigenvalue weighted by Gasteiger charge is 2.32. The van der Waals surface area contributed by atoms with Crippen LogP contribution < -0.4 is 4.90 Å². The zero-order valence-corrected chi connectivity index (χ0v) is 15.7. The molecule has 5 nitrogen and oxygen atoms in total. The molecule has 0 atom stereocenters. The molecule has 1 N–H and O–H groups in total. The largest absolute Gasteiger partial charge is 0.478 e. The topological polar surface area (TPSA) is 70.0 Å². The molecule has 0 saturated carbocycles. The molecule has 1 aliphatic rings. The van der Waals surface area contributed by atoms with E-state index in [4.69, 9.17) is 5.11 Å². The van der Waals surface area contributed by atoms with Gasteiger partial charge >= 0.3 is 5.97 Å². The van der Waals surface area contributed by atoms with Crippen LogP contribution in [0.5, 0.6) is 0 Å². The van der Waals surface area contributed by atoms with Gasteiger partial charge in [-0.15, -0.1) is 0 Å². The first-order chi connectivity index (χ1) is 14.0. The molecular formula is C24H18N2O3. The Morgan fingerprint density at radius 1 is 0.966 bits per heavy atom. The molecular weight excluding hydrogens is 364 g/mol. The zero-order valence-electron chi connectivity index (χ0n) is 15.7. The molecule has 142 valence electrons. The van der Waals surface area contributed by atoms with Crippen LogP contribution in [0.3, 0.4) is 0 Å². The number of aromatic carboxylic acids is 1. The number of rotatable bonds is 4. The van der Waals surface area contributed by atoms with Gasteiger partial charge in [0.2, 0.25) is 0 Å². The Kier molecular flexibility index (Phi) is 4.79. The number of anilines is 1. The molecule has 1 amide bonds. The van der Waals surface area contributed by atoms with Gasteiger partial charge in [0.15, 0.2) is 0 Å². The number of benzene rings is 3. The number of nitrogens with zero attached hydrogens (tertiary/aromatic N) is 2. The van der Waals surface area contributed by atoms with Crippen LogP contribution in [0.1, 0.15) is 27.0 Å². The van der Waals surface area contributed by atoms with Crippen LogP contribution in [0.25, 0.3) is 6.08 Å². The first kappa shape index (κ1) is 18.4. The molecule has 1 aliphatic heterocycles. The number of amidine groups is 1. The molecule has 0 spiro atoms. The summed E-state index contributed by atoms with van der Waals surface area (Å²) in [4.78, 5) is 30.5. The minimum Gasteiger partial charge on any atom is -0.478 e. The van der Waals surface area contributed by atoms with Crippen molar-refractivity contribution in [1.82, 2.24) is 0 Å². The van der Waals surface area contributed by atoms with Crippen molar-refractivity contribution in [2.75, 3.05) is 4.90 Å². The normalized spacial score (nSPS) is 14.9. The quantitative estimate of drug-likeness (QED) is 0.674. The van der Waals surface area contributed by atoms with E-state index < -0.39 is 5.97 Å². The van der Waals surface area contributed by atoms with Gasteiger partial charge in [-0.05, 0) is 48.4 Å². The monoisotopic (exact) mass is 382 g/mol. The van der Waals surface area contributed by atoms with E-state index in [1.165, 1.54) is 12.1 Å². The van der Waals surface area contributed by atoms with Crippen molar-refractivity contribution in [3.05, 3.63) is 107 Å². The molecule has 1 heterocycles. The van der Waals surface area contributed by atoms with Crippen molar-refractivity contribution in [3.8, 4) is 0 Å². The van der Waals surface area contributed by atoms with Gasteiger partial charge in [0, 0.05) is 5.56 Å². The Morgan fingerprint density at radius 3 is 2.34 bits per heavy atom. The van der Waals surface area contributed by atoms with Crippen molar-refractivity contribution < 1.29 is 14.7 Å². The fourth-order valence-corrected chi connectivity index (χ4v) is 3.18. The highest BCUT2D eigenvalue weighted by atomic mass is 16.4. The van der Waals surface area contributed by atoms with E-state index in [0.29, 0.717) is 17.1 Å². The Hall–Kier alpha value is -3.99. The number of carboxylic acids is 1. The fraction of sp³-hybridized carbons (Fsp3) is 0.0417. The fourth-order valence-electron chi connectivity index (χ4n) is 3.18. The summed E-state index contributed by atoms with van der Waals surface area (Å²) in [6.07, 6.45) is 1.67. The molecule has 4 rings (SSSR count). The minimum atomic E-state index is -0.990. The summed E-state index contributed by atoms with van der Waals surface area (Å²) in [5.41, 5.74) is 3.84. The third-order valence-corrected chi connectivity index (χ3v) is 4.61. The molecule has 5 heteroatoms. The summed E-state index contributed by atoms with van der Waals surface area (Å²) in [7, 11) is 0. The molecule has 29 heavy (non-hydrogen) atoms. The van der Waals surface area contributed by atoms with E-state index in [1.807, 2.05) is 61.5 Å². The second-order valence-corrected chi connectivity index (χ2v) is 6.74. The Bertz CT molecular complexity index is 1150. The lowest BCUT2D eigenvalue weighted by molar-refractivity contribution is -0.113. The predicted octanol–water partition coefficient (Wildman–Crippen LogP) is 4.53. The molecule has 0 radical (unpaired) electrons. The van der Waals surface area contributed by atoms with Crippen LogP contribution in [0.4, 0.5) is 5.69 Å². The molecule has 3 aromatic carbocycles. The lowest BCUT2D eigenvalue weighted by atomic mass is 10.1. The minimum absolute atomic E-state index is 0.194. The Morgan fingerprint density at radius 2 is 1.69 bits per heavy atom. The van der Waals surface area contributed by atoms with Crippen LogP contribution in [0.2, 0.25) is 0 Å². The van der Waals surface area contributed by atoms with Gasteiger partial charge in [-0.2, -0.15) is 0 Å². The van der Waals surface area contributed by atoms with Gasteiger partial charge < -0.3 is 5.11 Å². The predicted molar refractivity (Wildman–Crippen MR) is 113 cm³/mol. The van der Waals surface area contributed by atoms with Crippen LogP contribution in [-0.4, -0.2) is 22.8 Å².